The molecule has 0 bridgehead atoms. The van der Waals surface area contributed by atoms with Gasteiger partial charge in [-0.1, -0.05) is 36.4 Å². The minimum atomic E-state index is -3.41. The molecule has 0 aliphatic rings. The summed E-state index contributed by atoms with van der Waals surface area (Å²) in [6, 6.07) is 13.3. The lowest BCUT2D eigenvalue weighted by Gasteiger charge is -2.12. The molecule has 0 aliphatic carbocycles. The second-order valence-corrected chi connectivity index (χ2v) is 7.61. The molecule has 1 heterocycles. The summed E-state index contributed by atoms with van der Waals surface area (Å²) in [7, 11) is -1.73. The molecule has 2 rings (SSSR count). The number of benzene rings is 1. The first-order valence-electron chi connectivity index (χ1n) is 7.13. The van der Waals surface area contributed by atoms with Crippen LogP contribution in [0.25, 0.3) is 0 Å². The third kappa shape index (κ3) is 6.75. The summed E-state index contributed by atoms with van der Waals surface area (Å²) in [6.45, 7) is 1.38. The van der Waals surface area contributed by atoms with Gasteiger partial charge in [-0.2, -0.15) is 0 Å². The van der Waals surface area contributed by atoms with Gasteiger partial charge in [-0.15, -0.1) is 35.3 Å². The molecule has 0 saturated heterocycles. The van der Waals surface area contributed by atoms with Crippen LogP contribution >= 0.6 is 35.3 Å². The summed E-state index contributed by atoms with van der Waals surface area (Å²) in [5.41, 5.74) is 1.15. The Balaban J connectivity index is 0.00000288. The van der Waals surface area contributed by atoms with Crippen molar-refractivity contribution in [2.24, 2.45) is 4.99 Å². The maximum Gasteiger partial charge on any atom is 0.250 e. The van der Waals surface area contributed by atoms with Crippen LogP contribution in [0.5, 0.6) is 0 Å². The maximum absolute atomic E-state index is 11.9. The van der Waals surface area contributed by atoms with Crippen molar-refractivity contribution in [2.75, 3.05) is 20.1 Å². The molecule has 0 spiro atoms. The Labute approximate surface area is 163 Å². The second kappa shape index (κ2) is 10.6. The van der Waals surface area contributed by atoms with E-state index in [0.29, 0.717) is 23.3 Å². The number of hydrogen-bond acceptors (Lipinski definition) is 4. The van der Waals surface area contributed by atoms with Gasteiger partial charge < -0.3 is 10.6 Å². The van der Waals surface area contributed by atoms with E-state index in [2.05, 4.69) is 20.3 Å². The third-order valence-electron chi connectivity index (χ3n) is 3.00. The predicted molar refractivity (Wildman–Crippen MR) is 110 cm³/mol. The number of halogens is 1. The SMILES string of the molecule is CN=C(NCCNS(=O)(=O)c1cccs1)NCc1ccccc1.I. The van der Waals surface area contributed by atoms with Crippen molar-refractivity contribution in [3.8, 4) is 0 Å². The van der Waals surface area contributed by atoms with Gasteiger partial charge in [-0.05, 0) is 17.0 Å². The smallest absolute Gasteiger partial charge is 0.250 e. The fourth-order valence-electron chi connectivity index (χ4n) is 1.86. The van der Waals surface area contributed by atoms with Crippen molar-refractivity contribution in [1.29, 1.82) is 0 Å². The highest BCUT2D eigenvalue weighted by Crippen LogP contribution is 2.14. The summed E-state index contributed by atoms with van der Waals surface area (Å²) < 4.78 is 26.8. The number of nitrogens with zero attached hydrogens (tertiary/aromatic N) is 1. The predicted octanol–water partition coefficient (Wildman–Crippen LogP) is 2.01. The number of sulfonamides is 1. The van der Waals surface area contributed by atoms with Gasteiger partial charge in [-0.3, -0.25) is 4.99 Å². The Morgan fingerprint density at radius 2 is 1.83 bits per heavy atom. The van der Waals surface area contributed by atoms with Crippen LogP contribution in [0, 0.1) is 0 Å². The molecule has 2 aromatic rings. The molecule has 0 fully saturated rings. The van der Waals surface area contributed by atoms with E-state index >= 15 is 0 Å². The molecular weight excluding hydrogens is 459 g/mol. The molecule has 1 aromatic carbocycles. The fourth-order valence-corrected chi connectivity index (χ4v) is 3.93. The average Bonchev–Trinajstić information content (AvgIpc) is 3.10. The summed E-state index contributed by atoms with van der Waals surface area (Å²) in [5.74, 6) is 0.629. The second-order valence-electron chi connectivity index (χ2n) is 4.67. The molecule has 0 atom stereocenters. The number of aliphatic imine (C=N–C) groups is 1. The van der Waals surface area contributed by atoms with E-state index in [1.54, 1.807) is 24.6 Å². The van der Waals surface area contributed by atoms with Crippen LogP contribution in [0.3, 0.4) is 0 Å². The minimum absolute atomic E-state index is 0. The molecule has 0 saturated carbocycles. The molecule has 0 aliphatic heterocycles. The Bertz CT molecular complexity index is 719. The Morgan fingerprint density at radius 1 is 1.08 bits per heavy atom. The van der Waals surface area contributed by atoms with Crippen LogP contribution < -0.4 is 15.4 Å². The molecule has 1 aromatic heterocycles. The summed E-state index contributed by atoms with van der Waals surface area (Å²) in [4.78, 5) is 4.11. The normalized spacial score (nSPS) is 11.6. The van der Waals surface area contributed by atoms with Gasteiger partial charge >= 0.3 is 0 Å². The summed E-state index contributed by atoms with van der Waals surface area (Å²) in [6.07, 6.45) is 0. The number of thiophene rings is 1. The van der Waals surface area contributed by atoms with Crippen molar-refractivity contribution in [2.45, 2.75) is 10.8 Å². The zero-order valence-electron chi connectivity index (χ0n) is 13.2. The van der Waals surface area contributed by atoms with E-state index in [0.717, 1.165) is 5.56 Å². The molecule has 0 amide bonds. The fraction of sp³-hybridized carbons (Fsp3) is 0.267. The molecule has 0 radical (unpaired) electrons. The van der Waals surface area contributed by atoms with Crippen molar-refractivity contribution >= 4 is 51.3 Å². The molecule has 132 valence electrons. The highest BCUT2D eigenvalue weighted by molar-refractivity contribution is 14.0. The van der Waals surface area contributed by atoms with Crippen LogP contribution in [0.1, 0.15) is 5.56 Å². The first-order valence-corrected chi connectivity index (χ1v) is 9.50. The van der Waals surface area contributed by atoms with E-state index in [4.69, 9.17) is 0 Å². The van der Waals surface area contributed by atoms with Crippen LogP contribution in [0.2, 0.25) is 0 Å². The van der Waals surface area contributed by atoms with Crippen molar-refractivity contribution in [3.63, 3.8) is 0 Å². The van der Waals surface area contributed by atoms with Crippen molar-refractivity contribution in [3.05, 3.63) is 53.4 Å². The quantitative estimate of drug-likeness (QED) is 0.245. The first-order chi connectivity index (χ1) is 11.1. The van der Waals surface area contributed by atoms with E-state index in [1.165, 1.54) is 11.3 Å². The van der Waals surface area contributed by atoms with E-state index in [9.17, 15) is 8.42 Å². The van der Waals surface area contributed by atoms with Crippen molar-refractivity contribution in [1.82, 2.24) is 15.4 Å². The zero-order valence-corrected chi connectivity index (χ0v) is 17.2. The topological polar surface area (TPSA) is 82.6 Å². The highest BCUT2D eigenvalue weighted by Gasteiger charge is 2.13. The van der Waals surface area contributed by atoms with E-state index in [-0.39, 0.29) is 30.5 Å². The van der Waals surface area contributed by atoms with Crippen LogP contribution in [0.4, 0.5) is 0 Å². The number of nitrogens with one attached hydrogen (secondary N) is 3. The van der Waals surface area contributed by atoms with Gasteiger partial charge in [0.15, 0.2) is 5.96 Å². The van der Waals surface area contributed by atoms with Gasteiger partial charge in [0, 0.05) is 26.7 Å². The summed E-state index contributed by atoms with van der Waals surface area (Å²) in [5, 5.41) is 7.99. The lowest BCUT2D eigenvalue weighted by atomic mass is 10.2. The molecule has 9 heteroatoms. The molecule has 3 N–H and O–H groups in total. The van der Waals surface area contributed by atoms with Crippen molar-refractivity contribution < 1.29 is 8.42 Å². The molecule has 0 unspecified atom stereocenters. The van der Waals surface area contributed by atoms with Gasteiger partial charge in [0.2, 0.25) is 10.0 Å². The number of guanidine groups is 1. The molecular formula is C15H21IN4O2S2. The zero-order chi connectivity index (χ0) is 16.5. The monoisotopic (exact) mass is 480 g/mol. The summed E-state index contributed by atoms with van der Waals surface area (Å²) >= 11 is 1.20. The first kappa shape index (κ1) is 20.9. The van der Waals surface area contributed by atoms with Gasteiger partial charge in [0.05, 0.1) is 0 Å². The number of rotatable bonds is 7. The Kier molecular flexibility index (Phi) is 9.26. The van der Waals surface area contributed by atoms with Crippen LogP contribution in [-0.4, -0.2) is 34.5 Å². The third-order valence-corrected chi connectivity index (χ3v) is 5.85. The highest BCUT2D eigenvalue weighted by atomic mass is 127. The minimum Gasteiger partial charge on any atom is -0.355 e. The molecule has 24 heavy (non-hydrogen) atoms. The van der Waals surface area contributed by atoms with Gasteiger partial charge in [-0.25, -0.2) is 13.1 Å². The Morgan fingerprint density at radius 3 is 2.46 bits per heavy atom. The Hall–Kier alpha value is -1.17. The largest absolute Gasteiger partial charge is 0.355 e. The number of hydrogen-bond donors (Lipinski definition) is 3. The standard InChI is InChI=1S/C15H20N4O2S2.HI/c1-16-15(18-12-13-6-3-2-4-7-13)17-9-10-19-23(20,21)14-8-5-11-22-14;/h2-8,11,19H,9-10,12H2,1H3,(H2,16,17,18);1H. The lowest BCUT2D eigenvalue weighted by molar-refractivity contribution is 0.582. The molecule has 6 nitrogen and oxygen atoms in total. The average molecular weight is 480 g/mol. The van der Waals surface area contributed by atoms with E-state index in [1.807, 2.05) is 30.3 Å². The maximum atomic E-state index is 11.9. The van der Waals surface area contributed by atoms with Gasteiger partial charge in [0.25, 0.3) is 0 Å². The van der Waals surface area contributed by atoms with Gasteiger partial charge in [0.1, 0.15) is 4.21 Å². The van der Waals surface area contributed by atoms with Crippen LogP contribution in [-0.2, 0) is 16.6 Å². The van der Waals surface area contributed by atoms with Crippen LogP contribution in [0.15, 0.2) is 57.0 Å². The lowest BCUT2D eigenvalue weighted by Crippen LogP contribution is -2.41. The van der Waals surface area contributed by atoms with E-state index < -0.39 is 10.0 Å².